The Kier molecular flexibility index (Phi) is 5.05. The summed E-state index contributed by atoms with van der Waals surface area (Å²) in [7, 11) is 0. The summed E-state index contributed by atoms with van der Waals surface area (Å²) in [5.41, 5.74) is 2.36. The lowest BCUT2D eigenvalue weighted by molar-refractivity contribution is -0.122. The lowest BCUT2D eigenvalue weighted by Crippen LogP contribution is -2.54. The number of carbonyl (C=O) groups excluding carboxylic acids is 2. The van der Waals surface area contributed by atoms with E-state index in [1.807, 2.05) is 31.2 Å². The number of hydrogen-bond donors (Lipinski definition) is 1. The molecule has 1 N–H and O–H groups in total. The number of thiocarbonyl (C=S) groups is 1. The maximum absolute atomic E-state index is 13.0. The summed E-state index contributed by atoms with van der Waals surface area (Å²) in [5, 5.41) is 3.19. The van der Waals surface area contributed by atoms with Crippen molar-refractivity contribution in [2.45, 2.75) is 6.92 Å². The van der Waals surface area contributed by atoms with Crippen molar-refractivity contribution in [3.8, 4) is 11.3 Å². The average molecular weight is 423 g/mol. The van der Waals surface area contributed by atoms with Crippen molar-refractivity contribution in [2.24, 2.45) is 0 Å². The fourth-order valence-corrected chi connectivity index (χ4v) is 3.43. The molecule has 0 atom stereocenters. The quantitative estimate of drug-likeness (QED) is 0.376. The zero-order valence-electron chi connectivity index (χ0n) is 15.3. The molecule has 2 heterocycles. The van der Waals surface area contributed by atoms with E-state index < -0.39 is 11.8 Å². The highest BCUT2D eigenvalue weighted by molar-refractivity contribution is 7.80. The largest absolute Gasteiger partial charge is 0.457 e. The zero-order valence-corrected chi connectivity index (χ0v) is 16.9. The van der Waals surface area contributed by atoms with Crippen molar-refractivity contribution in [1.29, 1.82) is 0 Å². The molecular formula is C22H15ClN2O3S. The Morgan fingerprint density at radius 1 is 1.07 bits per heavy atom. The van der Waals surface area contributed by atoms with Gasteiger partial charge in [0.25, 0.3) is 11.8 Å². The highest BCUT2D eigenvalue weighted by Crippen LogP contribution is 2.27. The average Bonchev–Trinajstić information content (AvgIpc) is 3.15. The van der Waals surface area contributed by atoms with Crippen LogP contribution in [0.2, 0.25) is 5.02 Å². The van der Waals surface area contributed by atoms with Crippen molar-refractivity contribution in [3.05, 3.63) is 82.6 Å². The molecule has 0 unspecified atom stereocenters. The normalized spacial score (nSPS) is 15.7. The number of rotatable bonds is 3. The van der Waals surface area contributed by atoms with Gasteiger partial charge in [0, 0.05) is 10.6 Å². The second-order valence-corrected chi connectivity index (χ2v) is 7.33. The first kappa shape index (κ1) is 19.1. The van der Waals surface area contributed by atoms with Gasteiger partial charge in [-0.2, -0.15) is 0 Å². The number of hydrogen-bond acceptors (Lipinski definition) is 4. The molecule has 4 rings (SSSR count). The highest BCUT2D eigenvalue weighted by atomic mass is 35.5. The number of aryl methyl sites for hydroxylation is 1. The van der Waals surface area contributed by atoms with Crippen LogP contribution in [0.5, 0.6) is 0 Å². The van der Waals surface area contributed by atoms with Crippen molar-refractivity contribution in [3.63, 3.8) is 0 Å². The number of nitrogens with zero attached hydrogens (tertiary/aromatic N) is 1. The van der Waals surface area contributed by atoms with Crippen LogP contribution in [0.1, 0.15) is 11.3 Å². The van der Waals surface area contributed by atoms with Crippen molar-refractivity contribution in [2.75, 3.05) is 4.90 Å². The van der Waals surface area contributed by atoms with Crippen LogP contribution in [-0.2, 0) is 9.59 Å². The number of anilines is 1. The second-order valence-electron chi connectivity index (χ2n) is 6.51. The van der Waals surface area contributed by atoms with Crippen LogP contribution in [0.15, 0.2) is 70.7 Å². The Bertz CT molecular complexity index is 1160. The van der Waals surface area contributed by atoms with Crippen LogP contribution in [0.4, 0.5) is 5.69 Å². The Balaban J connectivity index is 1.67. The monoisotopic (exact) mass is 422 g/mol. The third-order valence-corrected chi connectivity index (χ3v) is 4.94. The molecule has 0 bridgehead atoms. The van der Waals surface area contributed by atoms with Crippen LogP contribution in [0, 0.1) is 6.92 Å². The molecule has 2 amide bonds. The molecule has 0 aliphatic carbocycles. The molecule has 0 saturated carbocycles. The highest BCUT2D eigenvalue weighted by Gasteiger charge is 2.34. The smallest absolute Gasteiger partial charge is 0.270 e. The molecule has 29 heavy (non-hydrogen) atoms. The molecule has 144 valence electrons. The standard InChI is InChI=1S/C22H15ClN2O3S/c1-13-5-7-16(8-6-13)25-21(27)18(20(26)24-22(25)29)12-17-9-10-19(28-17)14-3-2-4-15(23)11-14/h2-12H,1H3,(H,24,26,29)/b18-12+. The van der Waals surface area contributed by atoms with Gasteiger partial charge in [-0.05, 0) is 61.6 Å². The van der Waals surface area contributed by atoms with Gasteiger partial charge in [-0.3, -0.25) is 19.8 Å². The molecule has 5 nitrogen and oxygen atoms in total. The van der Waals surface area contributed by atoms with Gasteiger partial charge >= 0.3 is 0 Å². The molecule has 1 aliphatic rings. The van der Waals surface area contributed by atoms with Crippen molar-refractivity contribution >= 4 is 52.5 Å². The van der Waals surface area contributed by atoms with E-state index in [1.165, 1.54) is 11.0 Å². The SMILES string of the molecule is Cc1ccc(N2C(=O)/C(=C/c3ccc(-c4cccc(Cl)c4)o3)C(=O)NC2=S)cc1. The van der Waals surface area contributed by atoms with E-state index in [9.17, 15) is 9.59 Å². The number of amides is 2. The van der Waals surface area contributed by atoms with Crippen LogP contribution in [0.3, 0.4) is 0 Å². The predicted molar refractivity (Wildman–Crippen MR) is 117 cm³/mol. The summed E-state index contributed by atoms with van der Waals surface area (Å²) in [6, 6.07) is 18.0. The summed E-state index contributed by atoms with van der Waals surface area (Å²) in [4.78, 5) is 26.7. The fraction of sp³-hybridized carbons (Fsp3) is 0.0455. The minimum absolute atomic E-state index is 0.0417. The first-order chi connectivity index (χ1) is 13.9. The molecular weight excluding hydrogens is 408 g/mol. The van der Waals surface area contributed by atoms with Gasteiger partial charge < -0.3 is 4.42 Å². The molecule has 0 spiro atoms. The minimum Gasteiger partial charge on any atom is -0.457 e. The number of furan rings is 1. The van der Waals surface area contributed by atoms with Crippen molar-refractivity contribution < 1.29 is 14.0 Å². The molecule has 2 aromatic carbocycles. The Morgan fingerprint density at radius 2 is 1.83 bits per heavy atom. The number of benzene rings is 2. The Hall–Kier alpha value is -3.22. The summed E-state index contributed by atoms with van der Waals surface area (Å²) in [6.45, 7) is 1.95. The first-order valence-corrected chi connectivity index (χ1v) is 9.55. The zero-order chi connectivity index (χ0) is 20.5. The second kappa shape index (κ2) is 7.66. The van der Waals surface area contributed by atoms with Gasteiger partial charge in [0.1, 0.15) is 17.1 Å². The van der Waals surface area contributed by atoms with Crippen molar-refractivity contribution in [1.82, 2.24) is 5.32 Å². The lowest BCUT2D eigenvalue weighted by Gasteiger charge is -2.28. The molecule has 3 aromatic rings. The molecule has 1 fully saturated rings. The minimum atomic E-state index is -0.566. The summed E-state index contributed by atoms with van der Waals surface area (Å²) >= 11 is 11.2. The van der Waals surface area contributed by atoms with Crippen LogP contribution < -0.4 is 10.2 Å². The van der Waals surface area contributed by atoms with E-state index in [0.29, 0.717) is 22.2 Å². The molecule has 1 aromatic heterocycles. The molecule has 0 radical (unpaired) electrons. The van der Waals surface area contributed by atoms with E-state index in [1.54, 1.807) is 36.4 Å². The van der Waals surface area contributed by atoms with Gasteiger partial charge in [0.05, 0.1) is 5.69 Å². The summed E-state index contributed by atoms with van der Waals surface area (Å²) < 4.78 is 5.79. The van der Waals surface area contributed by atoms with E-state index >= 15 is 0 Å². The van der Waals surface area contributed by atoms with Crippen LogP contribution in [-0.4, -0.2) is 16.9 Å². The number of halogens is 1. The van der Waals surface area contributed by atoms with Gasteiger partial charge in [0.15, 0.2) is 5.11 Å². The number of nitrogens with one attached hydrogen (secondary N) is 1. The van der Waals surface area contributed by atoms with E-state index in [0.717, 1.165) is 11.1 Å². The molecule has 1 aliphatic heterocycles. The summed E-state index contributed by atoms with van der Waals surface area (Å²) in [5.74, 6) is -0.128. The fourth-order valence-electron chi connectivity index (χ4n) is 2.96. The molecule has 7 heteroatoms. The topological polar surface area (TPSA) is 62.6 Å². The van der Waals surface area contributed by atoms with E-state index in [4.69, 9.17) is 28.2 Å². The van der Waals surface area contributed by atoms with E-state index in [-0.39, 0.29) is 10.7 Å². The van der Waals surface area contributed by atoms with Gasteiger partial charge in [-0.25, -0.2) is 0 Å². The third kappa shape index (κ3) is 3.85. The first-order valence-electron chi connectivity index (χ1n) is 8.76. The van der Waals surface area contributed by atoms with Gasteiger partial charge in [-0.15, -0.1) is 0 Å². The van der Waals surface area contributed by atoms with Gasteiger partial charge in [-0.1, -0.05) is 41.4 Å². The van der Waals surface area contributed by atoms with Crippen LogP contribution >= 0.6 is 23.8 Å². The predicted octanol–water partition coefficient (Wildman–Crippen LogP) is 4.74. The lowest BCUT2D eigenvalue weighted by atomic mass is 10.1. The summed E-state index contributed by atoms with van der Waals surface area (Å²) in [6.07, 6.45) is 1.41. The van der Waals surface area contributed by atoms with Crippen LogP contribution in [0.25, 0.3) is 17.4 Å². The Morgan fingerprint density at radius 3 is 2.55 bits per heavy atom. The third-order valence-electron chi connectivity index (χ3n) is 4.42. The van der Waals surface area contributed by atoms with Gasteiger partial charge in [0.2, 0.25) is 0 Å². The molecule has 1 saturated heterocycles. The van der Waals surface area contributed by atoms with E-state index in [2.05, 4.69) is 5.32 Å². The number of carbonyl (C=O) groups is 2. The maximum Gasteiger partial charge on any atom is 0.270 e. The Labute approximate surface area is 177 Å². The maximum atomic E-state index is 13.0.